The van der Waals surface area contributed by atoms with Crippen LogP contribution in [-0.2, 0) is 13.1 Å². The monoisotopic (exact) mass is 306 g/mol. The molecule has 0 aliphatic rings. The third-order valence-electron chi connectivity index (χ3n) is 3.38. The van der Waals surface area contributed by atoms with Crippen LogP contribution in [0.5, 0.6) is 0 Å². The second-order valence-electron chi connectivity index (χ2n) is 5.00. The summed E-state index contributed by atoms with van der Waals surface area (Å²) >= 11 is 6.21. The van der Waals surface area contributed by atoms with Gasteiger partial charge in [0.05, 0.1) is 0 Å². The van der Waals surface area contributed by atoms with Crippen LogP contribution in [0.3, 0.4) is 0 Å². The Kier molecular flexibility index (Phi) is 5.59. The molecule has 2 rings (SSSR count). The van der Waals surface area contributed by atoms with Gasteiger partial charge in [-0.2, -0.15) is 0 Å². The minimum atomic E-state index is -0.210. The molecule has 0 saturated carbocycles. The topological polar surface area (TPSA) is 15.3 Å². The van der Waals surface area contributed by atoms with Crippen LogP contribution >= 0.6 is 11.6 Å². The van der Waals surface area contributed by atoms with Gasteiger partial charge in [0, 0.05) is 30.8 Å². The Balaban J connectivity index is 2.22. The number of rotatable bonds is 6. The highest BCUT2D eigenvalue weighted by Crippen LogP contribution is 2.24. The molecule has 0 aliphatic carbocycles. The molecule has 0 saturated heterocycles. The van der Waals surface area contributed by atoms with Crippen molar-refractivity contribution >= 4 is 17.3 Å². The molecule has 0 heterocycles. The van der Waals surface area contributed by atoms with Gasteiger partial charge in [-0.25, -0.2) is 4.39 Å². The summed E-state index contributed by atoms with van der Waals surface area (Å²) in [5, 5.41) is 3.99. The first-order valence-electron chi connectivity index (χ1n) is 7.05. The summed E-state index contributed by atoms with van der Waals surface area (Å²) < 4.78 is 13.5. The van der Waals surface area contributed by atoms with Crippen molar-refractivity contribution in [3.05, 3.63) is 64.4 Å². The summed E-state index contributed by atoms with van der Waals surface area (Å²) in [7, 11) is 1.99. The van der Waals surface area contributed by atoms with E-state index < -0.39 is 0 Å². The molecule has 2 nitrogen and oxygen atoms in total. The number of nitrogens with zero attached hydrogens (tertiary/aromatic N) is 1. The second kappa shape index (κ2) is 7.43. The Morgan fingerprint density at radius 2 is 1.90 bits per heavy atom. The number of anilines is 1. The van der Waals surface area contributed by atoms with Crippen LogP contribution in [0.2, 0.25) is 5.02 Å². The lowest BCUT2D eigenvalue weighted by atomic mass is 10.1. The Morgan fingerprint density at radius 3 is 2.62 bits per heavy atom. The first-order valence-corrected chi connectivity index (χ1v) is 7.43. The zero-order valence-corrected chi connectivity index (χ0v) is 13.1. The van der Waals surface area contributed by atoms with Crippen molar-refractivity contribution in [2.75, 3.05) is 18.5 Å². The molecular weight excluding hydrogens is 287 g/mol. The lowest BCUT2D eigenvalue weighted by molar-refractivity contribution is 0.621. The van der Waals surface area contributed by atoms with Crippen molar-refractivity contribution in [1.82, 2.24) is 5.32 Å². The van der Waals surface area contributed by atoms with Gasteiger partial charge >= 0.3 is 0 Å². The fraction of sp³-hybridized carbons (Fsp3) is 0.294. The van der Waals surface area contributed by atoms with E-state index in [0.717, 1.165) is 28.4 Å². The Morgan fingerprint density at radius 1 is 1.14 bits per heavy atom. The molecule has 2 aromatic carbocycles. The minimum absolute atomic E-state index is 0.210. The largest absolute Gasteiger partial charge is 0.370 e. The number of hydrogen-bond donors (Lipinski definition) is 1. The molecule has 0 bridgehead atoms. The summed E-state index contributed by atoms with van der Waals surface area (Å²) in [4.78, 5) is 2.09. The molecule has 2 aromatic rings. The predicted molar refractivity (Wildman–Crippen MR) is 87.3 cm³/mol. The van der Waals surface area contributed by atoms with Gasteiger partial charge in [0.2, 0.25) is 0 Å². The summed E-state index contributed by atoms with van der Waals surface area (Å²) in [6.07, 6.45) is 0. The van der Waals surface area contributed by atoms with Crippen molar-refractivity contribution in [2.45, 2.75) is 20.0 Å². The molecule has 21 heavy (non-hydrogen) atoms. The number of benzene rings is 2. The van der Waals surface area contributed by atoms with E-state index in [1.54, 1.807) is 6.07 Å². The van der Waals surface area contributed by atoms with Gasteiger partial charge < -0.3 is 10.2 Å². The third kappa shape index (κ3) is 4.19. The standard InChI is InChI=1S/C17H20ClFN2/c1-3-20-11-14-10-15(19)8-9-17(14)21(2)12-13-6-4-5-7-16(13)18/h4-10,20H,3,11-12H2,1-2H3. The quantitative estimate of drug-likeness (QED) is 0.859. The Labute approximate surface area is 130 Å². The molecule has 112 valence electrons. The number of hydrogen-bond acceptors (Lipinski definition) is 2. The Bertz CT molecular complexity index is 601. The van der Waals surface area contributed by atoms with Crippen LogP contribution in [0, 0.1) is 5.82 Å². The zero-order chi connectivity index (χ0) is 15.2. The summed E-state index contributed by atoms with van der Waals surface area (Å²) in [5.74, 6) is -0.210. The molecule has 0 radical (unpaired) electrons. The maximum Gasteiger partial charge on any atom is 0.123 e. The predicted octanol–water partition coefficient (Wildman–Crippen LogP) is 4.23. The van der Waals surface area contributed by atoms with Gasteiger partial charge in [-0.05, 0) is 41.9 Å². The molecule has 0 amide bonds. The Hall–Kier alpha value is -1.58. The van der Waals surface area contributed by atoms with Crippen LogP contribution in [0.4, 0.5) is 10.1 Å². The van der Waals surface area contributed by atoms with E-state index >= 15 is 0 Å². The first kappa shape index (κ1) is 15.8. The highest BCUT2D eigenvalue weighted by atomic mass is 35.5. The first-order chi connectivity index (χ1) is 10.1. The molecule has 1 N–H and O–H groups in total. The lowest BCUT2D eigenvalue weighted by Gasteiger charge is -2.23. The summed E-state index contributed by atoms with van der Waals surface area (Å²) in [5.41, 5.74) is 3.02. The number of nitrogens with one attached hydrogen (secondary N) is 1. The van der Waals surface area contributed by atoms with Gasteiger partial charge in [0.25, 0.3) is 0 Å². The van der Waals surface area contributed by atoms with E-state index in [2.05, 4.69) is 10.2 Å². The van der Waals surface area contributed by atoms with Crippen LogP contribution in [0.1, 0.15) is 18.1 Å². The molecule has 4 heteroatoms. The average Bonchev–Trinajstić information content (AvgIpc) is 2.47. The molecular formula is C17H20ClFN2. The van der Waals surface area contributed by atoms with E-state index in [0.29, 0.717) is 13.1 Å². The molecule has 0 unspecified atom stereocenters. The smallest absolute Gasteiger partial charge is 0.123 e. The van der Waals surface area contributed by atoms with Gasteiger partial charge in [0.1, 0.15) is 5.82 Å². The van der Waals surface area contributed by atoms with Crippen LogP contribution in [0.15, 0.2) is 42.5 Å². The lowest BCUT2D eigenvalue weighted by Crippen LogP contribution is -2.21. The maximum atomic E-state index is 13.5. The highest BCUT2D eigenvalue weighted by Gasteiger charge is 2.10. The van der Waals surface area contributed by atoms with Gasteiger partial charge in [0.15, 0.2) is 0 Å². The fourth-order valence-electron chi connectivity index (χ4n) is 2.30. The van der Waals surface area contributed by atoms with E-state index in [1.165, 1.54) is 6.07 Å². The molecule has 0 aromatic heterocycles. The van der Waals surface area contributed by atoms with Crippen molar-refractivity contribution in [3.8, 4) is 0 Å². The normalized spacial score (nSPS) is 10.7. The molecule has 0 spiro atoms. The highest BCUT2D eigenvalue weighted by molar-refractivity contribution is 6.31. The van der Waals surface area contributed by atoms with E-state index in [1.807, 2.05) is 44.3 Å². The van der Waals surface area contributed by atoms with E-state index in [4.69, 9.17) is 11.6 Å². The zero-order valence-electron chi connectivity index (χ0n) is 12.4. The fourth-order valence-corrected chi connectivity index (χ4v) is 2.49. The van der Waals surface area contributed by atoms with E-state index in [-0.39, 0.29) is 5.82 Å². The molecule has 0 atom stereocenters. The van der Waals surface area contributed by atoms with Gasteiger partial charge in [-0.3, -0.25) is 0 Å². The van der Waals surface area contributed by atoms with Crippen LogP contribution in [0.25, 0.3) is 0 Å². The second-order valence-corrected chi connectivity index (χ2v) is 5.41. The van der Waals surface area contributed by atoms with Crippen LogP contribution < -0.4 is 10.2 Å². The van der Waals surface area contributed by atoms with Gasteiger partial charge in [-0.1, -0.05) is 36.7 Å². The van der Waals surface area contributed by atoms with Crippen molar-refractivity contribution < 1.29 is 4.39 Å². The minimum Gasteiger partial charge on any atom is -0.370 e. The summed E-state index contributed by atoms with van der Waals surface area (Å²) in [6.45, 7) is 4.22. The third-order valence-corrected chi connectivity index (χ3v) is 3.75. The SMILES string of the molecule is CCNCc1cc(F)ccc1N(C)Cc1ccccc1Cl. The van der Waals surface area contributed by atoms with Crippen molar-refractivity contribution in [1.29, 1.82) is 0 Å². The van der Waals surface area contributed by atoms with Crippen molar-refractivity contribution in [2.24, 2.45) is 0 Å². The number of halogens is 2. The maximum absolute atomic E-state index is 13.5. The summed E-state index contributed by atoms with van der Waals surface area (Å²) in [6, 6.07) is 12.7. The van der Waals surface area contributed by atoms with Crippen molar-refractivity contribution in [3.63, 3.8) is 0 Å². The average molecular weight is 307 g/mol. The van der Waals surface area contributed by atoms with Gasteiger partial charge in [-0.15, -0.1) is 0 Å². The van der Waals surface area contributed by atoms with E-state index in [9.17, 15) is 4.39 Å². The van der Waals surface area contributed by atoms with Crippen LogP contribution in [-0.4, -0.2) is 13.6 Å². The molecule has 0 fully saturated rings. The molecule has 0 aliphatic heterocycles.